The van der Waals surface area contributed by atoms with Gasteiger partial charge in [-0.05, 0) is 110 Å². The molecular weight excluding hydrogens is 729 g/mol. The maximum atomic E-state index is 15.5. The van der Waals surface area contributed by atoms with Gasteiger partial charge in [0, 0.05) is 34.0 Å². The molecule has 0 aromatic heterocycles. The van der Waals surface area contributed by atoms with E-state index in [-0.39, 0.29) is 47.5 Å². The summed E-state index contributed by atoms with van der Waals surface area (Å²) in [7, 11) is 0. The minimum atomic E-state index is -0.187. The highest BCUT2D eigenvalue weighted by Crippen LogP contribution is 2.49. The topological polar surface area (TPSA) is 74.8 Å². The molecule has 6 nitrogen and oxygen atoms in total. The highest BCUT2D eigenvalue weighted by atomic mass is 16.2. The van der Waals surface area contributed by atoms with Crippen LogP contribution in [0.3, 0.4) is 0 Å². The van der Waals surface area contributed by atoms with Crippen molar-refractivity contribution in [2.45, 2.75) is 224 Å². The van der Waals surface area contributed by atoms with Gasteiger partial charge < -0.3 is 0 Å². The van der Waals surface area contributed by atoms with Gasteiger partial charge in [-0.15, -0.1) is 0 Å². The van der Waals surface area contributed by atoms with Crippen molar-refractivity contribution in [1.82, 2.24) is 9.80 Å². The average molecular weight is 803 g/mol. The van der Waals surface area contributed by atoms with Crippen LogP contribution in [0.15, 0.2) is 12.1 Å². The molecule has 2 heterocycles. The summed E-state index contributed by atoms with van der Waals surface area (Å²) in [6, 6.07) is 3.99. The van der Waals surface area contributed by atoms with Gasteiger partial charge in [0.05, 0.1) is 11.1 Å². The average Bonchev–Trinajstić information content (AvgIpc) is 3.72. The number of carbonyl (C=O) groups excluding carboxylic acids is 4. The molecule has 4 amide bonds. The Morgan fingerprint density at radius 1 is 0.373 bits per heavy atom. The lowest BCUT2D eigenvalue weighted by Gasteiger charge is -2.41. The van der Waals surface area contributed by atoms with Crippen LogP contribution in [0, 0.1) is 23.7 Å². The van der Waals surface area contributed by atoms with Crippen molar-refractivity contribution in [3.8, 4) is 0 Å². The Bertz CT molecular complexity index is 1870. The van der Waals surface area contributed by atoms with Gasteiger partial charge >= 0.3 is 0 Å². The number of hydrogen-bond donors (Lipinski definition) is 0. The van der Waals surface area contributed by atoms with E-state index in [1.165, 1.54) is 70.6 Å². The Labute approximate surface area is 355 Å². The lowest BCUT2D eigenvalue weighted by molar-refractivity contribution is 0.0483. The van der Waals surface area contributed by atoms with Crippen molar-refractivity contribution in [3.63, 3.8) is 0 Å². The predicted octanol–water partition coefficient (Wildman–Crippen LogP) is 13.8. The first-order chi connectivity index (χ1) is 28.8. The van der Waals surface area contributed by atoms with Crippen molar-refractivity contribution < 1.29 is 19.2 Å². The van der Waals surface area contributed by atoms with Crippen molar-refractivity contribution in [2.24, 2.45) is 23.7 Å². The van der Waals surface area contributed by atoms with Gasteiger partial charge in [-0.1, -0.05) is 149 Å². The van der Waals surface area contributed by atoms with Crippen molar-refractivity contribution >= 4 is 34.4 Å². The molecule has 5 aliphatic carbocycles. The molecule has 0 spiro atoms. The summed E-state index contributed by atoms with van der Waals surface area (Å²) in [6.45, 7) is 4.70. The number of benzene rings is 2. The number of amides is 4. The quantitative estimate of drug-likeness (QED) is 0.282. The van der Waals surface area contributed by atoms with Gasteiger partial charge in [0.15, 0.2) is 0 Å². The van der Waals surface area contributed by atoms with E-state index in [0.29, 0.717) is 44.9 Å². The van der Waals surface area contributed by atoms with Gasteiger partial charge in [-0.2, -0.15) is 0 Å². The van der Waals surface area contributed by atoms with Crippen LogP contribution in [0.5, 0.6) is 0 Å². The van der Waals surface area contributed by atoms with Crippen molar-refractivity contribution in [1.29, 1.82) is 0 Å². The summed E-state index contributed by atoms with van der Waals surface area (Å²) in [6.07, 6.45) is 32.1. The molecule has 320 valence electrons. The zero-order chi connectivity index (χ0) is 40.6. The van der Waals surface area contributed by atoms with Crippen molar-refractivity contribution in [3.05, 3.63) is 45.5 Å². The second-order valence-corrected chi connectivity index (χ2v) is 21.1. The zero-order valence-corrected chi connectivity index (χ0v) is 36.8. The molecule has 0 N–H and O–H groups in total. The number of rotatable bonds is 5. The molecule has 7 aliphatic rings. The summed E-state index contributed by atoms with van der Waals surface area (Å²) in [5.41, 5.74) is 4.45. The zero-order valence-electron chi connectivity index (χ0n) is 36.8. The summed E-state index contributed by atoms with van der Waals surface area (Å²) in [5.74, 6) is 2.62. The van der Waals surface area contributed by atoms with Gasteiger partial charge in [0.2, 0.25) is 0 Å². The van der Waals surface area contributed by atoms with Gasteiger partial charge in [-0.25, -0.2) is 0 Å². The summed E-state index contributed by atoms with van der Waals surface area (Å²) in [4.78, 5) is 65.1. The van der Waals surface area contributed by atoms with Crippen LogP contribution in [0.4, 0.5) is 0 Å². The predicted molar refractivity (Wildman–Crippen MR) is 237 cm³/mol. The third-order valence-electron chi connectivity index (χ3n) is 17.2. The molecule has 2 aliphatic heterocycles. The second kappa shape index (κ2) is 18.1. The SMILES string of the molecule is CC1CCCC(c2cc3c4c(c(C5CCCCCCC5)cc5c4c2C(=O)N(C2CCCC(C)CCC2)C5=O)C(=O)N(C2CCCC(C4CCCC4)CCC2)C3=O)CCC1. The van der Waals surface area contributed by atoms with E-state index in [1.807, 2.05) is 0 Å². The fourth-order valence-electron chi connectivity index (χ4n) is 13.9. The second-order valence-electron chi connectivity index (χ2n) is 21.1. The molecular formula is C53H74N2O4. The number of hydrogen-bond acceptors (Lipinski definition) is 4. The van der Waals surface area contributed by atoms with E-state index in [9.17, 15) is 0 Å². The molecule has 0 atom stereocenters. The lowest BCUT2D eigenvalue weighted by Crippen LogP contribution is -2.50. The van der Waals surface area contributed by atoms with E-state index in [1.54, 1.807) is 9.80 Å². The van der Waals surface area contributed by atoms with Crippen molar-refractivity contribution in [2.75, 3.05) is 0 Å². The highest BCUT2D eigenvalue weighted by Gasteiger charge is 2.47. The Hall–Kier alpha value is -3.02. The summed E-state index contributed by atoms with van der Waals surface area (Å²) in [5, 5.41) is 1.28. The maximum absolute atomic E-state index is 15.5. The Balaban J connectivity index is 1.20. The first kappa shape index (κ1) is 41.3. The van der Waals surface area contributed by atoms with Gasteiger partial charge in [0.25, 0.3) is 23.6 Å². The van der Waals surface area contributed by atoms with Crippen LogP contribution >= 0.6 is 0 Å². The van der Waals surface area contributed by atoms with Crippen LogP contribution < -0.4 is 0 Å². The monoisotopic (exact) mass is 803 g/mol. The lowest BCUT2D eigenvalue weighted by atomic mass is 9.73. The molecule has 9 rings (SSSR count). The van der Waals surface area contributed by atoms with Gasteiger partial charge in [-0.3, -0.25) is 29.0 Å². The minimum Gasteiger partial charge on any atom is -0.271 e. The van der Waals surface area contributed by atoms with E-state index < -0.39 is 0 Å². The Kier molecular flexibility index (Phi) is 12.7. The number of imide groups is 2. The molecule has 5 saturated carbocycles. The van der Waals surface area contributed by atoms with Crippen LogP contribution in [-0.2, 0) is 0 Å². The maximum Gasteiger partial charge on any atom is 0.261 e. The fourth-order valence-corrected chi connectivity index (χ4v) is 13.9. The van der Waals surface area contributed by atoms with E-state index in [2.05, 4.69) is 26.0 Å². The van der Waals surface area contributed by atoms with Crippen LogP contribution in [0.25, 0.3) is 10.8 Å². The third-order valence-corrected chi connectivity index (χ3v) is 17.2. The molecule has 6 heteroatoms. The standard InChI is InChI=1S/C53H74N2O4/c1-34-16-10-26-39(27-11-17-34)43-33-45-46-47-44(50(56)54(53(59)49(43)47)40-28-12-18-35(2)19-13-29-40)32-42(38-22-6-4-3-5-7-23-38)48(46)52(58)55(51(45)57)41-30-14-24-37(25-15-31-41)36-20-8-9-21-36/h32-41H,3-31H2,1-2H3. The van der Waals surface area contributed by atoms with Gasteiger partial charge in [0.1, 0.15) is 0 Å². The molecule has 2 aromatic carbocycles. The van der Waals surface area contributed by atoms with Crippen LogP contribution in [-0.4, -0.2) is 45.5 Å². The Morgan fingerprint density at radius 2 is 0.695 bits per heavy atom. The molecule has 0 saturated heterocycles. The first-order valence-corrected chi connectivity index (χ1v) is 25.2. The highest BCUT2D eigenvalue weighted by molar-refractivity contribution is 6.34. The number of carbonyl (C=O) groups is 4. The number of nitrogens with zero attached hydrogens (tertiary/aromatic N) is 2. The van der Waals surface area contributed by atoms with E-state index in [4.69, 9.17) is 0 Å². The molecule has 59 heavy (non-hydrogen) atoms. The van der Waals surface area contributed by atoms with E-state index >= 15 is 19.2 Å². The molecule has 0 unspecified atom stereocenters. The van der Waals surface area contributed by atoms with Crippen LogP contribution in [0.1, 0.15) is 264 Å². The molecule has 2 aromatic rings. The minimum absolute atomic E-state index is 0.118. The molecule has 0 bridgehead atoms. The molecule has 5 fully saturated rings. The summed E-state index contributed by atoms with van der Waals surface area (Å²) >= 11 is 0. The van der Waals surface area contributed by atoms with E-state index in [0.717, 1.165) is 139 Å². The third kappa shape index (κ3) is 8.11. The largest absolute Gasteiger partial charge is 0.271 e. The summed E-state index contributed by atoms with van der Waals surface area (Å²) < 4.78 is 0. The normalized spacial score (nSPS) is 31.2. The molecule has 0 radical (unpaired) electrons. The van der Waals surface area contributed by atoms with Crippen LogP contribution in [0.2, 0.25) is 0 Å². The fraction of sp³-hybridized carbons (Fsp3) is 0.736. The smallest absolute Gasteiger partial charge is 0.261 e. The first-order valence-electron chi connectivity index (χ1n) is 25.2. The Morgan fingerprint density at radius 3 is 1.12 bits per heavy atom.